The van der Waals surface area contributed by atoms with Crippen molar-refractivity contribution in [1.29, 1.82) is 0 Å². The molecule has 0 bridgehead atoms. The first-order valence-corrected chi connectivity index (χ1v) is 12.6. The number of rotatable bonds is 5. The van der Waals surface area contributed by atoms with Crippen molar-refractivity contribution in [2.45, 2.75) is 37.4 Å². The number of furan rings is 1. The fourth-order valence-corrected chi connectivity index (χ4v) is 5.01. The Morgan fingerprint density at radius 2 is 1.95 bits per heavy atom. The van der Waals surface area contributed by atoms with Gasteiger partial charge in [-0.2, -0.15) is 0 Å². The zero-order chi connectivity index (χ0) is 26.4. The maximum atomic E-state index is 15.4. The van der Waals surface area contributed by atoms with E-state index in [2.05, 4.69) is 9.83 Å². The first kappa shape index (κ1) is 24.1. The summed E-state index contributed by atoms with van der Waals surface area (Å²) >= 11 is 0. The Bertz CT molecular complexity index is 1580. The lowest BCUT2D eigenvalue weighted by atomic mass is 10.0. The van der Waals surface area contributed by atoms with Gasteiger partial charge in [0.2, 0.25) is 5.69 Å². The molecule has 6 rings (SSSR count). The number of hydrogen-bond donors (Lipinski definition) is 0. The molecule has 38 heavy (non-hydrogen) atoms. The smallest absolute Gasteiger partial charge is 0.253 e. The molecule has 1 saturated carbocycles. The number of pyridine rings is 1. The Kier molecular flexibility index (Phi) is 5.88. The van der Waals surface area contributed by atoms with Gasteiger partial charge in [0.05, 0.1) is 18.8 Å². The van der Waals surface area contributed by atoms with Gasteiger partial charge in [0.15, 0.2) is 17.1 Å². The van der Waals surface area contributed by atoms with E-state index < -0.39 is 5.82 Å². The molecule has 2 aliphatic rings. The van der Waals surface area contributed by atoms with Crippen LogP contribution in [-0.2, 0) is 4.74 Å². The fourth-order valence-electron chi connectivity index (χ4n) is 5.01. The van der Waals surface area contributed by atoms with Gasteiger partial charge in [-0.3, -0.25) is 9.78 Å². The van der Waals surface area contributed by atoms with Gasteiger partial charge in [0.25, 0.3) is 5.91 Å². The van der Waals surface area contributed by atoms with Crippen LogP contribution in [0.5, 0.6) is 5.75 Å². The average molecular weight is 512 g/mol. The Balaban J connectivity index is 1.32. The third-order valence-corrected chi connectivity index (χ3v) is 7.23. The molecule has 8 heteroatoms. The van der Waals surface area contributed by atoms with Crippen LogP contribution in [0.15, 0.2) is 59.1 Å². The van der Waals surface area contributed by atoms with Crippen LogP contribution >= 0.6 is 0 Å². The van der Waals surface area contributed by atoms with E-state index in [-0.39, 0.29) is 29.0 Å². The summed E-state index contributed by atoms with van der Waals surface area (Å²) in [6, 6.07) is 13.7. The van der Waals surface area contributed by atoms with Gasteiger partial charge in [0.1, 0.15) is 17.4 Å². The van der Waals surface area contributed by atoms with E-state index >= 15 is 4.39 Å². The van der Waals surface area contributed by atoms with Crippen molar-refractivity contribution in [3.05, 3.63) is 77.5 Å². The Morgan fingerprint density at radius 1 is 1.16 bits per heavy atom. The minimum atomic E-state index is -0.581. The van der Waals surface area contributed by atoms with Crippen LogP contribution in [0.3, 0.4) is 0 Å². The van der Waals surface area contributed by atoms with E-state index in [0.717, 1.165) is 24.8 Å². The average Bonchev–Trinajstić information content (AvgIpc) is 3.51. The van der Waals surface area contributed by atoms with Crippen molar-refractivity contribution in [3.8, 4) is 28.2 Å². The number of carbonyl (C=O) groups excluding carboxylic acids is 1. The minimum absolute atomic E-state index is 0.00996. The maximum Gasteiger partial charge on any atom is 0.253 e. The first-order chi connectivity index (χ1) is 18.4. The summed E-state index contributed by atoms with van der Waals surface area (Å²) in [6.07, 6.45) is 4.86. The second-order valence-corrected chi connectivity index (χ2v) is 10.1. The standard InChI is InChI=1S/C30H26FN3O4/c1-32-24-15-20(14-23(31)28(24)37-21-9-13-36-30(17-21)10-11-30)22-8-12-33-25-16-26(38-27(22)25)18-4-6-19(7-5-18)29(35)34(2)3/h4-8,12,14-16,21H,9-11,13,17H2,2-3H3. The van der Waals surface area contributed by atoms with Gasteiger partial charge in [-0.25, -0.2) is 9.24 Å². The maximum absolute atomic E-state index is 15.4. The first-order valence-electron chi connectivity index (χ1n) is 12.6. The summed E-state index contributed by atoms with van der Waals surface area (Å²) in [5.74, 6) is -0.103. The molecule has 1 atom stereocenters. The monoisotopic (exact) mass is 511 g/mol. The van der Waals surface area contributed by atoms with Crippen LogP contribution in [0.2, 0.25) is 0 Å². The van der Waals surface area contributed by atoms with Gasteiger partial charge in [-0.15, -0.1) is 0 Å². The van der Waals surface area contributed by atoms with E-state index in [4.69, 9.17) is 20.5 Å². The highest BCUT2D eigenvalue weighted by Crippen LogP contribution is 2.48. The molecule has 1 unspecified atom stereocenters. The summed E-state index contributed by atoms with van der Waals surface area (Å²) in [5.41, 5.74) is 3.59. The third-order valence-electron chi connectivity index (χ3n) is 7.23. The number of aromatic nitrogens is 1. The molecule has 192 valence electrons. The zero-order valence-electron chi connectivity index (χ0n) is 21.2. The molecule has 1 spiro atoms. The van der Waals surface area contributed by atoms with Crippen molar-refractivity contribution in [1.82, 2.24) is 9.88 Å². The van der Waals surface area contributed by atoms with Crippen LogP contribution in [-0.4, -0.2) is 48.2 Å². The number of hydrogen-bond acceptors (Lipinski definition) is 5. The van der Waals surface area contributed by atoms with Crippen molar-refractivity contribution >= 4 is 22.7 Å². The Hall–Kier alpha value is -4.22. The number of ether oxygens (including phenoxy) is 2. The van der Waals surface area contributed by atoms with E-state index in [1.807, 2.05) is 18.2 Å². The van der Waals surface area contributed by atoms with Gasteiger partial charge < -0.3 is 18.8 Å². The molecule has 0 N–H and O–H groups in total. The Morgan fingerprint density at radius 3 is 2.66 bits per heavy atom. The van der Waals surface area contributed by atoms with E-state index in [1.165, 1.54) is 11.0 Å². The highest BCUT2D eigenvalue weighted by molar-refractivity contribution is 5.95. The molecule has 4 aromatic rings. The van der Waals surface area contributed by atoms with Crippen LogP contribution in [0, 0.1) is 12.4 Å². The highest BCUT2D eigenvalue weighted by Gasteiger charge is 2.48. The van der Waals surface area contributed by atoms with E-state index in [9.17, 15) is 4.79 Å². The second kappa shape index (κ2) is 9.26. The molecule has 0 radical (unpaired) electrons. The lowest BCUT2D eigenvalue weighted by molar-refractivity contribution is -0.0518. The molecular weight excluding hydrogens is 485 g/mol. The predicted molar refractivity (Wildman–Crippen MR) is 141 cm³/mol. The minimum Gasteiger partial charge on any atom is -0.498 e. The number of amides is 1. The molecule has 1 aliphatic heterocycles. The molecule has 1 amide bonds. The fraction of sp³-hybridized carbons (Fsp3) is 0.300. The summed E-state index contributed by atoms with van der Waals surface area (Å²) in [4.78, 5) is 21.7. The van der Waals surface area contributed by atoms with Crippen LogP contribution in [0.1, 0.15) is 36.0 Å². The summed E-state index contributed by atoms with van der Waals surface area (Å²) in [5, 5.41) is 0. The van der Waals surface area contributed by atoms with Crippen LogP contribution < -0.4 is 4.74 Å². The number of halogens is 1. The van der Waals surface area contributed by atoms with Gasteiger partial charge in [-0.05, 0) is 48.7 Å². The largest absolute Gasteiger partial charge is 0.498 e. The normalized spacial score (nSPS) is 17.8. The number of benzene rings is 2. The predicted octanol–water partition coefficient (Wildman–Crippen LogP) is 6.64. The molecular formula is C30H26FN3O4. The quantitative estimate of drug-likeness (QED) is 0.281. The third kappa shape index (κ3) is 4.39. The number of carbonyl (C=O) groups is 1. The molecule has 3 heterocycles. The molecule has 7 nitrogen and oxygen atoms in total. The highest BCUT2D eigenvalue weighted by atomic mass is 19.1. The van der Waals surface area contributed by atoms with E-state index in [1.54, 1.807) is 44.6 Å². The van der Waals surface area contributed by atoms with Gasteiger partial charge >= 0.3 is 0 Å². The van der Waals surface area contributed by atoms with Crippen molar-refractivity contribution in [3.63, 3.8) is 0 Å². The SMILES string of the molecule is [C-]#[N+]c1cc(-c2ccnc3cc(-c4ccc(C(=O)N(C)C)cc4)oc23)cc(F)c1OC1CCOC2(CC2)C1. The zero-order valence-corrected chi connectivity index (χ0v) is 21.2. The summed E-state index contributed by atoms with van der Waals surface area (Å²) in [6.45, 7) is 8.28. The second-order valence-electron chi connectivity index (χ2n) is 10.1. The molecule has 2 aromatic heterocycles. The topological polar surface area (TPSA) is 69.2 Å². The molecule has 2 aromatic carbocycles. The molecule has 1 aliphatic carbocycles. The molecule has 2 fully saturated rings. The van der Waals surface area contributed by atoms with Crippen LogP contribution in [0.4, 0.5) is 10.1 Å². The van der Waals surface area contributed by atoms with Crippen molar-refractivity contribution in [2.75, 3.05) is 20.7 Å². The van der Waals surface area contributed by atoms with Gasteiger partial charge in [-0.1, -0.05) is 12.1 Å². The lowest BCUT2D eigenvalue weighted by Gasteiger charge is -2.30. The Labute approximate surface area is 219 Å². The van der Waals surface area contributed by atoms with Gasteiger partial charge in [0, 0.05) is 55.9 Å². The number of nitrogens with zero attached hydrogens (tertiary/aromatic N) is 3. The summed E-state index contributed by atoms with van der Waals surface area (Å²) < 4.78 is 33.5. The lowest BCUT2D eigenvalue weighted by Crippen LogP contribution is -2.34. The molecule has 1 saturated heterocycles. The number of fused-ring (bicyclic) bond motifs is 1. The van der Waals surface area contributed by atoms with E-state index in [0.29, 0.717) is 46.6 Å². The summed E-state index contributed by atoms with van der Waals surface area (Å²) in [7, 11) is 3.41. The van der Waals surface area contributed by atoms with Crippen molar-refractivity contribution < 1.29 is 23.1 Å². The van der Waals surface area contributed by atoms with Crippen molar-refractivity contribution in [2.24, 2.45) is 0 Å². The van der Waals surface area contributed by atoms with Crippen LogP contribution in [0.25, 0.3) is 38.4 Å².